The molecule has 2 aromatic rings. The van der Waals surface area contributed by atoms with Gasteiger partial charge < -0.3 is 24.6 Å². The van der Waals surface area contributed by atoms with E-state index in [0.717, 1.165) is 47.2 Å². The molecule has 0 spiro atoms. The maximum Gasteiger partial charge on any atom is 0.227 e. The molecule has 3 rings (SSSR count). The zero-order chi connectivity index (χ0) is 21.5. The van der Waals surface area contributed by atoms with E-state index in [9.17, 15) is 4.79 Å². The number of carbonyl (C=O) groups excluding carboxylic acids is 1. The number of methoxy groups -OCH3 is 2. The first-order chi connectivity index (χ1) is 14.5. The summed E-state index contributed by atoms with van der Waals surface area (Å²) in [4.78, 5) is 20.2. The minimum Gasteiger partial charge on any atom is -0.497 e. The highest BCUT2D eigenvalue weighted by Gasteiger charge is 2.21. The molecule has 0 radical (unpaired) electrons. The summed E-state index contributed by atoms with van der Waals surface area (Å²) in [6.07, 6.45) is 1.58. The fraction of sp³-hybridized carbons (Fsp3) is 0.391. The van der Waals surface area contributed by atoms with Crippen molar-refractivity contribution < 1.29 is 14.3 Å². The summed E-state index contributed by atoms with van der Waals surface area (Å²) in [5.41, 5.74) is 3.14. The zero-order valence-electron chi connectivity index (χ0n) is 18.6. The first-order valence-electron chi connectivity index (χ1n) is 10.1. The Hall–Kier alpha value is -2.49. The molecule has 1 aliphatic rings. The van der Waals surface area contributed by atoms with Crippen LogP contribution in [0, 0.1) is 0 Å². The number of hydrogen-bond donors (Lipinski definition) is 1. The van der Waals surface area contributed by atoms with Crippen LogP contribution in [0.5, 0.6) is 11.5 Å². The lowest BCUT2D eigenvalue weighted by atomic mass is 10.1. The lowest BCUT2D eigenvalue weighted by Gasteiger charge is -2.23. The Kier molecular flexibility index (Phi) is 9.42. The average molecular weight is 538 g/mol. The molecular formula is C23H31IN4O3. The molecule has 1 fully saturated rings. The van der Waals surface area contributed by atoms with Gasteiger partial charge in [-0.3, -0.25) is 9.79 Å². The maximum absolute atomic E-state index is 11.9. The molecule has 1 saturated heterocycles. The highest BCUT2D eigenvalue weighted by Crippen LogP contribution is 2.25. The Morgan fingerprint density at radius 1 is 1.16 bits per heavy atom. The van der Waals surface area contributed by atoms with Gasteiger partial charge in [0.25, 0.3) is 0 Å². The van der Waals surface area contributed by atoms with E-state index in [1.165, 1.54) is 0 Å². The molecule has 168 valence electrons. The fourth-order valence-corrected chi connectivity index (χ4v) is 3.59. The topological polar surface area (TPSA) is 66.4 Å². The summed E-state index contributed by atoms with van der Waals surface area (Å²) < 4.78 is 10.8. The molecule has 7 nitrogen and oxygen atoms in total. The molecular weight excluding hydrogens is 507 g/mol. The van der Waals surface area contributed by atoms with E-state index in [4.69, 9.17) is 9.47 Å². The monoisotopic (exact) mass is 538 g/mol. The molecule has 0 atom stereocenters. The molecule has 31 heavy (non-hydrogen) atoms. The van der Waals surface area contributed by atoms with Gasteiger partial charge in [-0.15, -0.1) is 24.0 Å². The lowest BCUT2D eigenvalue weighted by molar-refractivity contribution is -0.117. The van der Waals surface area contributed by atoms with Crippen molar-refractivity contribution >= 4 is 41.5 Å². The predicted octanol–water partition coefficient (Wildman–Crippen LogP) is 3.66. The van der Waals surface area contributed by atoms with Crippen LogP contribution in [0.2, 0.25) is 0 Å². The maximum atomic E-state index is 11.9. The van der Waals surface area contributed by atoms with Crippen LogP contribution in [0.25, 0.3) is 0 Å². The van der Waals surface area contributed by atoms with Gasteiger partial charge in [-0.2, -0.15) is 0 Å². The number of rotatable bonds is 7. The molecule has 1 N–H and O–H groups in total. The van der Waals surface area contributed by atoms with Crippen LogP contribution in [0.4, 0.5) is 5.69 Å². The van der Waals surface area contributed by atoms with E-state index in [-0.39, 0.29) is 29.9 Å². The van der Waals surface area contributed by atoms with Crippen molar-refractivity contribution in [3.63, 3.8) is 0 Å². The van der Waals surface area contributed by atoms with Crippen LogP contribution in [-0.4, -0.2) is 51.6 Å². The van der Waals surface area contributed by atoms with Gasteiger partial charge in [-0.05, 0) is 36.2 Å². The largest absolute Gasteiger partial charge is 0.497 e. The molecule has 1 amide bonds. The van der Waals surface area contributed by atoms with Gasteiger partial charge >= 0.3 is 0 Å². The van der Waals surface area contributed by atoms with Crippen LogP contribution < -0.4 is 19.7 Å². The molecule has 0 unspecified atom stereocenters. The first kappa shape index (κ1) is 24.8. The SMILES string of the molecule is CN=C(NCc1ccc(N2CCCC2=O)cc1)N(C)Cc1ccc(OC)cc1OC.I. The number of guanidine groups is 1. The van der Waals surface area contributed by atoms with Gasteiger partial charge in [0.1, 0.15) is 11.5 Å². The van der Waals surface area contributed by atoms with Crippen LogP contribution in [0.1, 0.15) is 24.0 Å². The molecule has 0 saturated carbocycles. The van der Waals surface area contributed by atoms with Crippen LogP contribution in [0.15, 0.2) is 47.5 Å². The van der Waals surface area contributed by atoms with Crippen LogP contribution >= 0.6 is 24.0 Å². The number of ether oxygens (including phenoxy) is 2. The minimum absolute atomic E-state index is 0. The quantitative estimate of drug-likeness (QED) is 0.331. The lowest BCUT2D eigenvalue weighted by Crippen LogP contribution is -2.38. The predicted molar refractivity (Wildman–Crippen MR) is 135 cm³/mol. The second-order valence-electron chi connectivity index (χ2n) is 7.25. The molecule has 0 aromatic heterocycles. The van der Waals surface area contributed by atoms with Crippen molar-refractivity contribution in [3.8, 4) is 11.5 Å². The smallest absolute Gasteiger partial charge is 0.227 e. The van der Waals surface area contributed by atoms with E-state index in [0.29, 0.717) is 19.5 Å². The zero-order valence-corrected chi connectivity index (χ0v) is 20.9. The van der Waals surface area contributed by atoms with Gasteiger partial charge in [-0.1, -0.05) is 12.1 Å². The van der Waals surface area contributed by atoms with E-state index in [1.54, 1.807) is 21.3 Å². The molecule has 0 bridgehead atoms. The summed E-state index contributed by atoms with van der Waals surface area (Å²) in [5.74, 6) is 2.53. The normalized spacial score (nSPS) is 13.6. The van der Waals surface area contributed by atoms with E-state index in [2.05, 4.69) is 10.3 Å². The van der Waals surface area contributed by atoms with Crippen molar-refractivity contribution in [2.24, 2.45) is 4.99 Å². The average Bonchev–Trinajstić information content (AvgIpc) is 3.20. The number of anilines is 1. The summed E-state index contributed by atoms with van der Waals surface area (Å²) in [6.45, 7) is 2.09. The Labute approximate surface area is 201 Å². The number of nitrogens with one attached hydrogen (secondary N) is 1. The van der Waals surface area contributed by atoms with Crippen molar-refractivity contribution in [2.75, 3.05) is 39.8 Å². The summed E-state index contributed by atoms with van der Waals surface area (Å²) in [6, 6.07) is 13.9. The fourth-order valence-electron chi connectivity index (χ4n) is 3.59. The first-order valence-corrected chi connectivity index (χ1v) is 10.1. The van der Waals surface area contributed by atoms with Gasteiger partial charge in [0.2, 0.25) is 5.91 Å². The number of carbonyl (C=O) groups is 1. The van der Waals surface area contributed by atoms with Gasteiger partial charge in [0.05, 0.1) is 14.2 Å². The number of halogens is 1. The molecule has 2 aromatic carbocycles. The standard InChI is InChI=1S/C23H30N4O3.HI/c1-24-23(26(2)16-18-9-12-20(29-3)14-21(18)30-4)25-15-17-7-10-19(11-8-17)27-13-5-6-22(27)28;/h7-12,14H,5-6,13,15-16H2,1-4H3,(H,24,25);1H. The molecule has 8 heteroatoms. The number of hydrogen-bond acceptors (Lipinski definition) is 4. The van der Waals surface area contributed by atoms with Gasteiger partial charge in [-0.25, -0.2) is 0 Å². The van der Waals surface area contributed by atoms with Gasteiger partial charge in [0.15, 0.2) is 5.96 Å². The van der Waals surface area contributed by atoms with Gasteiger partial charge in [0, 0.05) is 57.5 Å². The Morgan fingerprint density at radius 3 is 2.48 bits per heavy atom. The second kappa shape index (κ2) is 11.8. The van der Waals surface area contributed by atoms with Crippen molar-refractivity contribution in [1.29, 1.82) is 0 Å². The summed E-state index contributed by atoms with van der Waals surface area (Å²) in [5, 5.41) is 3.39. The third kappa shape index (κ3) is 6.25. The van der Waals surface area contributed by atoms with Crippen molar-refractivity contribution in [2.45, 2.75) is 25.9 Å². The van der Waals surface area contributed by atoms with Crippen molar-refractivity contribution in [3.05, 3.63) is 53.6 Å². The number of benzene rings is 2. The second-order valence-corrected chi connectivity index (χ2v) is 7.25. The number of nitrogens with zero attached hydrogens (tertiary/aromatic N) is 3. The Morgan fingerprint density at radius 2 is 1.90 bits per heavy atom. The van der Waals surface area contributed by atoms with E-state index in [1.807, 2.05) is 59.3 Å². The highest BCUT2D eigenvalue weighted by atomic mass is 127. The Balaban J connectivity index is 0.00000341. The number of aliphatic imine (C=N–C) groups is 1. The Bertz CT molecular complexity index is 902. The molecule has 1 aliphatic heterocycles. The van der Waals surface area contributed by atoms with Crippen molar-refractivity contribution in [1.82, 2.24) is 10.2 Å². The van der Waals surface area contributed by atoms with E-state index >= 15 is 0 Å². The molecule has 0 aliphatic carbocycles. The minimum atomic E-state index is 0. The third-order valence-electron chi connectivity index (χ3n) is 5.25. The van der Waals surface area contributed by atoms with Crippen LogP contribution in [-0.2, 0) is 17.9 Å². The summed E-state index contributed by atoms with van der Waals surface area (Å²) >= 11 is 0. The van der Waals surface area contributed by atoms with Crippen LogP contribution in [0.3, 0.4) is 0 Å². The number of amides is 1. The molecule has 1 heterocycles. The summed E-state index contributed by atoms with van der Waals surface area (Å²) in [7, 11) is 7.06. The van der Waals surface area contributed by atoms with E-state index < -0.39 is 0 Å². The third-order valence-corrected chi connectivity index (χ3v) is 5.25. The highest BCUT2D eigenvalue weighted by molar-refractivity contribution is 14.0.